The Kier molecular flexibility index (Phi) is 5.72. The molecule has 1 amide bonds. The summed E-state index contributed by atoms with van der Waals surface area (Å²) < 4.78 is 5.54. The Morgan fingerprint density at radius 2 is 1.95 bits per heavy atom. The molecule has 0 aromatic rings. The van der Waals surface area contributed by atoms with Crippen molar-refractivity contribution in [3.63, 3.8) is 0 Å². The minimum absolute atomic E-state index is 0.168. The van der Waals surface area contributed by atoms with E-state index in [1.807, 2.05) is 25.7 Å². The van der Waals surface area contributed by atoms with Crippen molar-refractivity contribution in [3.05, 3.63) is 0 Å². The Bertz CT molecular complexity index is 381. The van der Waals surface area contributed by atoms with Gasteiger partial charge in [-0.15, -0.1) is 0 Å². The van der Waals surface area contributed by atoms with E-state index in [0.717, 1.165) is 32.2 Å². The maximum Gasteiger partial charge on any atom is 0.410 e. The van der Waals surface area contributed by atoms with Gasteiger partial charge in [-0.1, -0.05) is 6.42 Å². The van der Waals surface area contributed by atoms with Gasteiger partial charge in [0.1, 0.15) is 5.60 Å². The number of nitrogens with two attached hydrogens (primary N) is 1. The van der Waals surface area contributed by atoms with Gasteiger partial charge in [-0.3, -0.25) is 0 Å². The maximum atomic E-state index is 12.4. The average molecular weight is 311 g/mol. The molecule has 2 aliphatic rings. The zero-order valence-corrected chi connectivity index (χ0v) is 14.6. The average Bonchev–Trinajstić information content (AvgIpc) is 2.39. The highest BCUT2D eigenvalue weighted by atomic mass is 16.6. The van der Waals surface area contributed by atoms with E-state index in [1.165, 1.54) is 12.8 Å². The quantitative estimate of drug-likeness (QED) is 0.822. The summed E-state index contributed by atoms with van der Waals surface area (Å²) in [5.41, 5.74) is 5.65. The number of carbonyl (C=O) groups is 1. The highest BCUT2D eigenvalue weighted by Crippen LogP contribution is 2.24. The first-order chi connectivity index (χ1) is 10.3. The molecule has 1 aliphatic heterocycles. The van der Waals surface area contributed by atoms with Crippen LogP contribution < -0.4 is 11.1 Å². The van der Waals surface area contributed by atoms with Crippen LogP contribution in [0.4, 0.5) is 4.79 Å². The Morgan fingerprint density at radius 3 is 2.59 bits per heavy atom. The molecule has 0 bridgehead atoms. The lowest BCUT2D eigenvalue weighted by Gasteiger charge is -2.42. The molecular formula is C17H33N3O2. The van der Waals surface area contributed by atoms with Gasteiger partial charge in [0.05, 0.1) is 0 Å². The normalized spacial score (nSPS) is 33.6. The number of nitrogens with one attached hydrogen (secondary N) is 1. The molecule has 1 aliphatic carbocycles. The molecule has 4 atom stereocenters. The Hall–Kier alpha value is -0.810. The molecule has 0 aromatic carbocycles. The van der Waals surface area contributed by atoms with Gasteiger partial charge in [0, 0.05) is 30.7 Å². The first-order valence-electron chi connectivity index (χ1n) is 8.77. The molecular weight excluding hydrogens is 278 g/mol. The predicted molar refractivity (Wildman–Crippen MR) is 88.8 cm³/mol. The number of hydrogen-bond donors (Lipinski definition) is 2. The molecule has 2 fully saturated rings. The van der Waals surface area contributed by atoms with Crippen LogP contribution in [0.2, 0.25) is 0 Å². The largest absolute Gasteiger partial charge is 0.444 e. The van der Waals surface area contributed by atoms with E-state index in [4.69, 9.17) is 10.5 Å². The third-order valence-electron chi connectivity index (χ3n) is 4.78. The van der Waals surface area contributed by atoms with Crippen LogP contribution in [0.15, 0.2) is 0 Å². The van der Waals surface area contributed by atoms with Gasteiger partial charge < -0.3 is 20.7 Å². The zero-order valence-electron chi connectivity index (χ0n) is 14.6. The van der Waals surface area contributed by atoms with Crippen LogP contribution in [-0.2, 0) is 4.74 Å². The Labute approximate surface area is 134 Å². The van der Waals surface area contributed by atoms with Gasteiger partial charge in [0.25, 0.3) is 0 Å². The van der Waals surface area contributed by atoms with Crippen LogP contribution in [0.1, 0.15) is 66.2 Å². The topological polar surface area (TPSA) is 67.6 Å². The molecule has 2 rings (SSSR count). The minimum Gasteiger partial charge on any atom is -0.444 e. The van der Waals surface area contributed by atoms with Gasteiger partial charge in [-0.25, -0.2) is 4.79 Å². The van der Waals surface area contributed by atoms with E-state index < -0.39 is 5.60 Å². The number of hydrogen-bond acceptors (Lipinski definition) is 4. The molecule has 5 nitrogen and oxygen atoms in total. The van der Waals surface area contributed by atoms with Crippen LogP contribution in [0, 0.1) is 0 Å². The molecule has 0 spiro atoms. The van der Waals surface area contributed by atoms with Crippen LogP contribution in [-0.4, -0.2) is 47.3 Å². The van der Waals surface area contributed by atoms with Crippen molar-refractivity contribution < 1.29 is 9.53 Å². The molecule has 3 N–H and O–H groups in total. The lowest BCUT2D eigenvalue weighted by molar-refractivity contribution is 0.00590. The summed E-state index contributed by atoms with van der Waals surface area (Å²) in [4.78, 5) is 14.3. The predicted octanol–water partition coefficient (Wildman–Crippen LogP) is 2.63. The van der Waals surface area contributed by atoms with E-state index in [1.54, 1.807) is 0 Å². The van der Waals surface area contributed by atoms with Crippen molar-refractivity contribution in [2.45, 2.75) is 96.0 Å². The second kappa shape index (κ2) is 7.18. The smallest absolute Gasteiger partial charge is 0.410 e. The van der Waals surface area contributed by atoms with Crippen molar-refractivity contribution in [1.29, 1.82) is 0 Å². The van der Waals surface area contributed by atoms with Gasteiger partial charge in [-0.2, -0.15) is 0 Å². The molecule has 0 aromatic heterocycles. The van der Waals surface area contributed by atoms with Gasteiger partial charge in [0.15, 0.2) is 0 Å². The van der Waals surface area contributed by atoms with E-state index >= 15 is 0 Å². The number of nitrogens with zero attached hydrogens (tertiary/aromatic N) is 1. The van der Waals surface area contributed by atoms with Crippen molar-refractivity contribution >= 4 is 6.09 Å². The van der Waals surface area contributed by atoms with Crippen molar-refractivity contribution in [3.8, 4) is 0 Å². The van der Waals surface area contributed by atoms with Gasteiger partial charge >= 0.3 is 6.09 Å². The van der Waals surface area contributed by atoms with Crippen LogP contribution in [0.5, 0.6) is 0 Å². The van der Waals surface area contributed by atoms with E-state index in [9.17, 15) is 4.79 Å². The molecule has 0 radical (unpaired) electrons. The molecule has 4 unspecified atom stereocenters. The standard InChI is InChI=1S/C17H33N3O2/c1-12-15(19-14-8-5-7-13(18)11-14)9-6-10-20(12)16(21)22-17(2,3)4/h12-15,19H,5-11,18H2,1-4H3. The highest BCUT2D eigenvalue weighted by molar-refractivity contribution is 5.68. The summed E-state index contributed by atoms with van der Waals surface area (Å²) >= 11 is 0. The van der Waals surface area contributed by atoms with E-state index in [-0.39, 0.29) is 12.1 Å². The summed E-state index contributed by atoms with van der Waals surface area (Å²) in [5.74, 6) is 0. The molecule has 128 valence electrons. The van der Waals surface area contributed by atoms with Gasteiger partial charge in [0.2, 0.25) is 0 Å². The molecule has 1 saturated carbocycles. The molecule has 1 heterocycles. The number of rotatable bonds is 2. The summed E-state index contributed by atoms with van der Waals surface area (Å²) in [6.07, 6.45) is 6.55. The van der Waals surface area contributed by atoms with Gasteiger partial charge in [-0.05, 0) is 59.8 Å². The third-order valence-corrected chi connectivity index (χ3v) is 4.78. The van der Waals surface area contributed by atoms with Crippen LogP contribution in [0.3, 0.4) is 0 Å². The maximum absolute atomic E-state index is 12.4. The number of carbonyl (C=O) groups excluding carboxylic acids is 1. The van der Waals surface area contributed by atoms with Crippen molar-refractivity contribution in [2.75, 3.05) is 6.54 Å². The second-order valence-electron chi connectivity index (χ2n) is 7.95. The number of likely N-dealkylation sites (tertiary alicyclic amines) is 1. The SMILES string of the molecule is CC1C(NC2CCCC(N)C2)CCCN1C(=O)OC(C)(C)C. The zero-order chi connectivity index (χ0) is 16.3. The highest BCUT2D eigenvalue weighted by Gasteiger charge is 2.35. The lowest BCUT2D eigenvalue weighted by Crippen LogP contribution is -2.58. The third kappa shape index (κ3) is 4.85. The number of piperidine rings is 1. The van der Waals surface area contributed by atoms with E-state index in [0.29, 0.717) is 18.1 Å². The fourth-order valence-electron chi connectivity index (χ4n) is 3.63. The van der Waals surface area contributed by atoms with Crippen LogP contribution >= 0.6 is 0 Å². The molecule has 5 heteroatoms. The fraction of sp³-hybridized carbons (Fsp3) is 0.941. The first-order valence-corrected chi connectivity index (χ1v) is 8.77. The van der Waals surface area contributed by atoms with Crippen molar-refractivity contribution in [2.24, 2.45) is 5.73 Å². The Morgan fingerprint density at radius 1 is 1.23 bits per heavy atom. The minimum atomic E-state index is -0.437. The number of amides is 1. The summed E-state index contributed by atoms with van der Waals surface area (Å²) in [6, 6.07) is 1.33. The summed E-state index contributed by atoms with van der Waals surface area (Å²) in [6.45, 7) is 8.66. The molecule has 22 heavy (non-hydrogen) atoms. The monoisotopic (exact) mass is 311 g/mol. The van der Waals surface area contributed by atoms with Crippen LogP contribution in [0.25, 0.3) is 0 Å². The van der Waals surface area contributed by atoms with E-state index in [2.05, 4.69) is 12.2 Å². The summed E-state index contributed by atoms with van der Waals surface area (Å²) in [7, 11) is 0. The number of ether oxygens (including phenoxy) is 1. The Balaban J connectivity index is 1.91. The summed E-state index contributed by atoms with van der Waals surface area (Å²) in [5, 5.41) is 3.76. The van der Waals surface area contributed by atoms with Crippen molar-refractivity contribution in [1.82, 2.24) is 10.2 Å². The molecule has 1 saturated heterocycles. The second-order valence-corrected chi connectivity index (χ2v) is 7.95. The lowest BCUT2D eigenvalue weighted by atomic mass is 9.89. The first kappa shape index (κ1) is 17.5. The fourth-order valence-corrected chi connectivity index (χ4v) is 3.63.